The van der Waals surface area contributed by atoms with Gasteiger partial charge in [-0.3, -0.25) is 4.79 Å². The summed E-state index contributed by atoms with van der Waals surface area (Å²) >= 11 is 0. The molecule has 0 atom stereocenters. The second-order valence-electron chi connectivity index (χ2n) is 6.57. The molecule has 0 aliphatic rings. The third-order valence-electron chi connectivity index (χ3n) is 4.24. The van der Waals surface area contributed by atoms with Crippen molar-refractivity contribution in [2.45, 2.75) is 32.6 Å². The summed E-state index contributed by atoms with van der Waals surface area (Å²) in [5, 5.41) is 6.84. The van der Waals surface area contributed by atoms with Gasteiger partial charge >= 0.3 is 0 Å². The van der Waals surface area contributed by atoms with E-state index in [4.69, 9.17) is 9.26 Å². The van der Waals surface area contributed by atoms with Gasteiger partial charge in [-0.15, -0.1) is 0 Å². The van der Waals surface area contributed by atoms with E-state index in [1.807, 2.05) is 12.1 Å². The second kappa shape index (κ2) is 8.49. The first-order valence-corrected chi connectivity index (χ1v) is 8.92. The molecule has 0 unspecified atom stereocenters. The summed E-state index contributed by atoms with van der Waals surface area (Å²) in [4.78, 5) is 16.5. The molecule has 140 valence electrons. The molecule has 0 radical (unpaired) electrons. The molecule has 2 aromatic carbocycles. The molecule has 1 amide bonds. The number of benzene rings is 2. The SMILES string of the molecule is COc1ccc(NC(=O)CCc2nc(-c3ccc(C(C)C)cc3)no2)cc1. The van der Waals surface area contributed by atoms with Gasteiger partial charge in [0.1, 0.15) is 5.75 Å². The van der Waals surface area contributed by atoms with Crippen molar-refractivity contribution in [1.82, 2.24) is 10.1 Å². The Morgan fingerprint density at radius 2 is 1.81 bits per heavy atom. The number of rotatable bonds is 7. The normalized spacial score (nSPS) is 10.8. The van der Waals surface area contributed by atoms with E-state index >= 15 is 0 Å². The van der Waals surface area contributed by atoms with Crippen LogP contribution >= 0.6 is 0 Å². The van der Waals surface area contributed by atoms with Crippen molar-refractivity contribution in [2.24, 2.45) is 0 Å². The molecule has 1 heterocycles. The minimum atomic E-state index is -0.110. The molecule has 0 fully saturated rings. The molecule has 0 spiro atoms. The number of carbonyl (C=O) groups is 1. The summed E-state index contributed by atoms with van der Waals surface area (Å²) < 4.78 is 10.4. The van der Waals surface area contributed by atoms with Gasteiger partial charge in [0.05, 0.1) is 7.11 Å². The lowest BCUT2D eigenvalue weighted by molar-refractivity contribution is -0.116. The topological polar surface area (TPSA) is 77.2 Å². The van der Waals surface area contributed by atoms with Crippen molar-refractivity contribution in [3.8, 4) is 17.1 Å². The molecule has 6 nitrogen and oxygen atoms in total. The van der Waals surface area contributed by atoms with Gasteiger partial charge in [-0.2, -0.15) is 4.98 Å². The van der Waals surface area contributed by atoms with Crippen LogP contribution in [-0.2, 0) is 11.2 Å². The number of nitrogens with one attached hydrogen (secondary N) is 1. The molecule has 0 saturated carbocycles. The van der Waals surface area contributed by atoms with Crippen LogP contribution in [-0.4, -0.2) is 23.2 Å². The number of aryl methyl sites for hydroxylation is 1. The van der Waals surface area contributed by atoms with Gasteiger partial charge in [0.25, 0.3) is 0 Å². The van der Waals surface area contributed by atoms with Gasteiger partial charge in [0.15, 0.2) is 0 Å². The first-order valence-electron chi connectivity index (χ1n) is 8.92. The van der Waals surface area contributed by atoms with E-state index in [2.05, 4.69) is 41.4 Å². The molecule has 0 bridgehead atoms. The number of anilines is 1. The zero-order valence-corrected chi connectivity index (χ0v) is 15.7. The van der Waals surface area contributed by atoms with Gasteiger partial charge < -0.3 is 14.6 Å². The van der Waals surface area contributed by atoms with Crippen LogP contribution < -0.4 is 10.1 Å². The number of nitrogens with zero attached hydrogens (tertiary/aromatic N) is 2. The van der Waals surface area contributed by atoms with E-state index in [9.17, 15) is 4.79 Å². The number of methoxy groups -OCH3 is 1. The van der Waals surface area contributed by atoms with Crippen LogP contribution in [0, 0.1) is 0 Å². The Kier molecular flexibility index (Phi) is 5.86. The van der Waals surface area contributed by atoms with Gasteiger partial charge in [-0.1, -0.05) is 43.3 Å². The quantitative estimate of drug-likeness (QED) is 0.670. The van der Waals surface area contributed by atoms with Crippen LogP contribution in [0.1, 0.15) is 37.6 Å². The fraction of sp³-hybridized carbons (Fsp3) is 0.286. The highest BCUT2D eigenvalue weighted by Gasteiger charge is 2.11. The lowest BCUT2D eigenvalue weighted by atomic mass is 10.0. The number of aromatic nitrogens is 2. The van der Waals surface area contributed by atoms with E-state index in [0.717, 1.165) is 17.0 Å². The summed E-state index contributed by atoms with van der Waals surface area (Å²) in [5.41, 5.74) is 2.88. The van der Waals surface area contributed by atoms with Crippen LogP contribution in [0.2, 0.25) is 0 Å². The average molecular weight is 365 g/mol. The van der Waals surface area contributed by atoms with Gasteiger partial charge in [0.2, 0.25) is 17.6 Å². The Bertz CT molecular complexity index is 884. The number of amides is 1. The number of ether oxygens (including phenoxy) is 1. The minimum Gasteiger partial charge on any atom is -0.497 e. The molecule has 1 aromatic heterocycles. The van der Waals surface area contributed by atoms with E-state index in [1.165, 1.54) is 5.56 Å². The highest BCUT2D eigenvalue weighted by atomic mass is 16.5. The van der Waals surface area contributed by atoms with Crippen molar-refractivity contribution >= 4 is 11.6 Å². The Hall–Kier alpha value is -3.15. The van der Waals surface area contributed by atoms with Crippen molar-refractivity contribution < 1.29 is 14.1 Å². The fourth-order valence-electron chi connectivity index (χ4n) is 2.61. The number of hydrogen-bond acceptors (Lipinski definition) is 5. The van der Waals surface area contributed by atoms with Gasteiger partial charge in [0, 0.05) is 24.1 Å². The largest absolute Gasteiger partial charge is 0.497 e. The summed E-state index contributed by atoms with van der Waals surface area (Å²) in [5.74, 6) is 2.09. The van der Waals surface area contributed by atoms with Crippen LogP contribution in [0.15, 0.2) is 53.1 Å². The molecule has 0 saturated heterocycles. The third-order valence-corrected chi connectivity index (χ3v) is 4.24. The predicted molar refractivity (Wildman–Crippen MR) is 104 cm³/mol. The van der Waals surface area contributed by atoms with Crippen molar-refractivity contribution in [1.29, 1.82) is 0 Å². The molecule has 1 N–H and O–H groups in total. The fourth-order valence-corrected chi connectivity index (χ4v) is 2.61. The van der Waals surface area contributed by atoms with E-state index in [1.54, 1.807) is 31.4 Å². The summed E-state index contributed by atoms with van der Waals surface area (Å²) in [6, 6.07) is 15.3. The van der Waals surface area contributed by atoms with Crippen molar-refractivity contribution in [3.05, 3.63) is 60.0 Å². The molecule has 3 rings (SSSR count). The standard InChI is InChI=1S/C21H23N3O3/c1-14(2)15-4-6-16(7-5-15)21-23-20(27-24-21)13-12-19(25)22-17-8-10-18(26-3)11-9-17/h4-11,14H,12-13H2,1-3H3,(H,22,25). The highest BCUT2D eigenvalue weighted by Crippen LogP contribution is 2.21. The molecule has 27 heavy (non-hydrogen) atoms. The van der Waals surface area contributed by atoms with Gasteiger partial charge in [-0.25, -0.2) is 0 Å². The lowest BCUT2D eigenvalue weighted by Crippen LogP contribution is -2.12. The minimum absolute atomic E-state index is 0.110. The molecule has 0 aliphatic heterocycles. The summed E-state index contributed by atoms with van der Waals surface area (Å²) in [6.07, 6.45) is 0.652. The van der Waals surface area contributed by atoms with Crippen LogP contribution in [0.5, 0.6) is 5.75 Å². The maximum Gasteiger partial charge on any atom is 0.227 e. The summed E-state index contributed by atoms with van der Waals surface area (Å²) in [6.45, 7) is 4.30. The van der Waals surface area contributed by atoms with Gasteiger partial charge in [-0.05, 0) is 35.7 Å². The Morgan fingerprint density at radius 3 is 2.44 bits per heavy atom. The molecule has 6 heteroatoms. The Morgan fingerprint density at radius 1 is 1.11 bits per heavy atom. The molecular formula is C21H23N3O3. The zero-order valence-electron chi connectivity index (χ0n) is 15.7. The first-order chi connectivity index (χ1) is 13.0. The van der Waals surface area contributed by atoms with Crippen LogP contribution in [0.3, 0.4) is 0 Å². The lowest BCUT2D eigenvalue weighted by Gasteiger charge is -2.05. The predicted octanol–water partition coefficient (Wildman–Crippen LogP) is 4.44. The first kappa shape index (κ1) is 18.6. The van der Waals surface area contributed by atoms with Crippen LogP contribution in [0.4, 0.5) is 5.69 Å². The molecular weight excluding hydrogens is 342 g/mol. The monoisotopic (exact) mass is 365 g/mol. The Labute approximate surface area is 158 Å². The van der Waals surface area contributed by atoms with Crippen molar-refractivity contribution in [2.75, 3.05) is 12.4 Å². The third kappa shape index (κ3) is 4.94. The Balaban J connectivity index is 1.54. The smallest absolute Gasteiger partial charge is 0.227 e. The zero-order chi connectivity index (χ0) is 19.2. The summed E-state index contributed by atoms with van der Waals surface area (Å²) in [7, 11) is 1.60. The number of hydrogen-bond donors (Lipinski definition) is 1. The maximum atomic E-state index is 12.1. The second-order valence-corrected chi connectivity index (χ2v) is 6.57. The van der Waals surface area contributed by atoms with Crippen molar-refractivity contribution in [3.63, 3.8) is 0 Å². The molecule has 3 aromatic rings. The van der Waals surface area contributed by atoms with E-state index < -0.39 is 0 Å². The van der Waals surface area contributed by atoms with E-state index in [0.29, 0.717) is 24.1 Å². The molecule has 0 aliphatic carbocycles. The van der Waals surface area contributed by atoms with Crippen LogP contribution in [0.25, 0.3) is 11.4 Å². The highest BCUT2D eigenvalue weighted by molar-refractivity contribution is 5.90. The van der Waals surface area contributed by atoms with E-state index in [-0.39, 0.29) is 12.3 Å². The average Bonchev–Trinajstić information content (AvgIpc) is 3.16. The number of carbonyl (C=O) groups excluding carboxylic acids is 1. The maximum absolute atomic E-state index is 12.1.